The molecule has 0 unspecified atom stereocenters. The van der Waals surface area contributed by atoms with Crippen molar-refractivity contribution in [3.05, 3.63) is 53.0 Å². The van der Waals surface area contributed by atoms with Crippen LogP contribution in [0.25, 0.3) is 11.3 Å². The Kier molecular flexibility index (Phi) is 5.63. The van der Waals surface area contributed by atoms with Gasteiger partial charge in [-0.2, -0.15) is 0 Å². The first kappa shape index (κ1) is 20.8. The molecule has 8 nitrogen and oxygen atoms in total. The van der Waals surface area contributed by atoms with Crippen molar-refractivity contribution in [3.8, 4) is 17.1 Å². The Hall–Kier alpha value is -3.42. The number of aryl methyl sites for hydroxylation is 2. The molecule has 1 aliphatic heterocycles. The highest BCUT2D eigenvalue weighted by Gasteiger charge is 2.35. The second kappa shape index (κ2) is 8.37. The summed E-state index contributed by atoms with van der Waals surface area (Å²) in [5.74, 6) is 1.74. The Labute approximate surface area is 181 Å². The number of methoxy groups -OCH3 is 1. The molecule has 0 radical (unpaired) electrons. The molecule has 31 heavy (non-hydrogen) atoms. The maximum absolute atomic E-state index is 13.6. The Bertz CT molecular complexity index is 1110. The molecule has 1 atom stereocenters. The van der Waals surface area contributed by atoms with Crippen molar-refractivity contribution in [1.82, 2.24) is 20.0 Å². The SMILES string of the molecule is COc1c(C)cccc1C(=O)N1CCC[C@@H]1c1nc(N(C)C)ncc1-c1cc(C)no1. The molecule has 3 heterocycles. The van der Waals surface area contributed by atoms with Crippen molar-refractivity contribution >= 4 is 11.9 Å². The summed E-state index contributed by atoms with van der Waals surface area (Å²) in [6.07, 6.45) is 3.45. The standard InChI is InChI=1S/C23H27N5O3/c1-14-8-6-9-16(21(14)30-5)22(29)28-11-7-10-18(28)20-17(19-12-15(2)26-31-19)13-24-23(25-20)27(3)4/h6,8-9,12-13,18H,7,10-11H2,1-5H3/t18-/m1/s1. The summed E-state index contributed by atoms with van der Waals surface area (Å²) in [7, 11) is 5.39. The third-order valence-electron chi connectivity index (χ3n) is 5.57. The predicted molar refractivity (Wildman–Crippen MR) is 117 cm³/mol. The molecule has 0 aliphatic carbocycles. The minimum Gasteiger partial charge on any atom is -0.496 e. The van der Waals surface area contributed by atoms with Gasteiger partial charge in [0, 0.05) is 32.9 Å². The third-order valence-corrected chi connectivity index (χ3v) is 5.57. The number of anilines is 1. The molecule has 1 amide bonds. The first-order chi connectivity index (χ1) is 14.9. The fraction of sp³-hybridized carbons (Fsp3) is 0.391. The zero-order valence-corrected chi connectivity index (χ0v) is 18.5. The molecule has 8 heteroatoms. The predicted octanol–water partition coefficient (Wildman–Crippen LogP) is 3.80. The van der Waals surface area contributed by atoms with Crippen LogP contribution in [0.2, 0.25) is 0 Å². The van der Waals surface area contributed by atoms with Gasteiger partial charge < -0.3 is 19.1 Å². The summed E-state index contributed by atoms with van der Waals surface area (Å²) in [6.45, 7) is 4.46. The summed E-state index contributed by atoms with van der Waals surface area (Å²) < 4.78 is 11.1. The van der Waals surface area contributed by atoms with Crippen LogP contribution < -0.4 is 9.64 Å². The van der Waals surface area contributed by atoms with E-state index in [1.54, 1.807) is 13.3 Å². The van der Waals surface area contributed by atoms with E-state index in [4.69, 9.17) is 14.2 Å². The summed E-state index contributed by atoms with van der Waals surface area (Å²) in [6, 6.07) is 7.31. The highest BCUT2D eigenvalue weighted by atomic mass is 16.5. The van der Waals surface area contributed by atoms with Gasteiger partial charge in [-0.05, 0) is 38.3 Å². The first-order valence-corrected chi connectivity index (χ1v) is 10.3. The number of para-hydroxylation sites is 1. The molecule has 162 valence electrons. The van der Waals surface area contributed by atoms with E-state index in [1.807, 2.05) is 62.0 Å². The Morgan fingerprint density at radius 3 is 2.77 bits per heavy atom. The van der Waals surface area contributed by atoms with Crippen molar-refractivity contribution in [2.75, 3.05) is 32.6 Å². The van der Waals surface area contributed by atoms with E-state index in [-0.39, 0.29) is 11.9 Å². The number of hydrogen-bond acceptors (Lipinski definition) is 7. The average molecular weight is 422 g/mol. The molecular formula is C23H27N5O3. The lowest BCUT2D eigenvalue weighted by atomic mass is 10.0. The quantitative estimate of drug-likeness (QED) is 0.619. The number of ether oxygens (including phenoxy) is 1. The van der Waals surface area contributed by atoms with Crippen molar-refractivity contribution in [1.29, 1.82) is 0 Å². The van der Waals surface area contributed by atoms with Crippen molar-refractivity contribution < 1.29 is 14.1 Å². The highest BCUT2D eigenvalue weighted by Crippen LogP contribution is 2.39. The van der Waals surface area contributed by atoms with E-state index in [0.717, 1.165) is 35.4 Å². The average Bonchev–Trinajstić information content (AvgIpc) is 3.41. The number of aromatic nitrogens is 3. The Morgan fingerprint density at radius 1 is 1.29 bits per heavy atom. The van der Waals surface area contributed by atoms with Crippen LogP contribution in [-0.2, 0) is 0 Å². The van der Waals surface area contributed by atoms with Crippen LogP contribution in [0.3, 0.4) is 0 Å². The summed E-state index contributed by atoms with van der Waals surface area (Å²) in [5, 5.41) is 4.01. The van der Waals surface area contributed by atoms with Gasteiger partial charge in [-0.25, -0.2) is 9.97 Å². The highest BCUT2D eigenvalue weighted by molar-refractivity contribution is 5.98. The van der Waals surface area contributed by atoms with E-state index in [9.17, 15) is 4.79 Å². The summed E-state index contributed by atoms with van der Waals surface area (Å²) in [4.78, 5) is 26.6. The van der Waals surface area contributed by atoms with Crippen molar-refractivity contribution in [3.63, 3.8) is 0 Å². The molecule has 4 rings (SSSR count). The van der Waals surface area contributed by atoms with Crippen LogP contribution in [0.5, 0.6) is 5.75 Å². The Morgan fingerprint density at radius 2 is 2.10 bits per heavy atom. The number of carbonyl (C=O) groups is 1. The van der Waals surface area contributed by atoms with Crippen LogP contribution >= 0.6 is 0 Å². The van der Waals surface area contributed by atoms with Crippen LogP contribution in [0.1, 0.15) is 46.2 Å². The fourth-order valence-electron chi connectivity index (χ4n) is 4.08. The van der Waals surface area contributed by atoms with Crippen molar-refractivity contribution in [2.45, 2.75) is 32.7 Å². The lowest BCUT2D eigenvalue weighted by Gasteiger charge is -2.27. The second-order valence-electron chi connectivity index (χ2n) is 8.01. The first-order valence-electron chi connectivity index (χ1n) is 10.3. The molecule has 0 bridgehead atoms. The lowest BCUT2D eigenvalue weighted by Crippen LogP contribution is -2.32. The number of rotatable bonds is 5. The fourth-order valence-corrected chi connectivity index (χ4v) is 4.08. The lowest BCUT2D eigenvalue weighted by molar-refractivity contribution is 0.0729. The van der Waals surface area contributed by atoms with Crippen LogP contribution in [0.4, 0.5) is 5.95 Å². The van der Waals surface area contributed by atoms with Crippen molar-refractivity contribution in [2.24, 2.45) is 0 Å². The van der Waals surface area contributed by atoms with Gasteiger partial charge >= 0.3 is 0 Å². The molecular weight excluding hydrogens is 394 g/mol. The van der Waals surface area contributed by atoms with Gasteiger partial charge in [-0.1, -0.05) is 17.3 Å². The third kappa shape index (κ3) is 3.85. The van der Waals surface area contributed by atoms with Crippen LogP contribution in [0.15, 0.2) is 35.0 Å². The number of likely N-dealkylation sites (tertiary alicyclic amines) is 1. The molecule has 1 fully saturated rings. The molecule has 2 aromatic heterocycles. The van der Waals surface area contributed by atoms with Gasteiger partial charge in [0.25, 0.3) is 5.91 Å². The van der Waals surface area contributed by atoms with Gasteiger partial charge in [-0.15, -0.1) is 0 Å². The van der Waals surface area contributed by atoms with Gasteiger partial charge in [0.1, 0.15) is 5.75 Å². The van der Waals surface area contributed by atoms with Gasteiger partial charge in [0.2, 0.25) is 5.95 Å². The zero-order chi connectivity index (χ0) is 22.1. The maximum Gasteiger partial charge on any atom is 0.258 e. The van der Waals surface area contributed by atoms with Crippen LogP contribution in [0, 0.1) is 13.8 Å². The minimum atomic E-state index is -0.195. The molecule has 0 spiro atoms. The number of hydrogen-bond donors (Lipinski definition) is 0. The second-order valence-corrected chi connectivity index (χ2v) is 8.01. The van der Waals surface area contributed by atoms with E-state index in [1.165, 1.54) is 0 Å². The van der Waals surface area contributed by atoms with Gasteiger partial charge in [-0.3, -0.25) is 4.79 Å². The van der Waals surface area contributed by atoms with Crippen LogP contribution in [-0.4, -0.2) is 53.7 Å². The maximum atomic E-state index is 13.6. The Balaban J connectivity index is 1.79. The van der Waals surface area contributed by atoms with E-state index >= 15 is 0 Å². The van der Waals surface area contributed by atoms with E-state index < -0.39 is 0 Å². The molecule has 1 aliphatic rings. The molecule has 0 saturated carbocycles. The monoisotopic (exact) mass is 421 g/mol. The molecule has 3 aromatic rings. The largest absolute Gasteiger partial charge is 0.496 e. The zero-order valence-electron chi connectivity index (χ0n) is 18.5. The normalized spacial score (nSPS) is 15.9. The number of benzene rings is 1. The molecule has 1 aromatic carbocycles. The minimum absolute atomic E-state index is 0.0623. The number of carbonyl (C=O) groups excluding carboxylic acids is 1. The summed E-state index contributed by atoms with van der Waals surface area (Å²) >= 11 is 0. The smallest absolute Gasteiger partial charge is 0.258 e. The van der Waals surface area contributed by atoms with E-state index in [2.05, 4.69) is 10.1 Å². The molecule has 0 N–H and O–H groups in total. The molecule has 1 saturated heterocycles. The van der Waals surface area contributed by atoms with Gasteiger partial charge in [0.05, 0.1) is 35.7 Å². The van der Waals surface area contributed by atoms with Gasteiger partial charge in [0.15, 0.2) is 5.76 Å². The topological polar surface area (TPSA) is 84.6 Å². The number of nitrogens with zero attached hydrogens (tertiary/aromatic N) is 5. The van der Waals surface area contributed by atoms with E-state index in [0.29, 0.717) is 29.6 Å². The number of amides is 1. The summed E-state index contributed by atoms with van der Waals surface area (Å²) in [5.41, 5.74) is 3.80.